The van der Waals surface area contributed by atoms with E-state index in [-0.39, 0.29) is 5.91 Å². The maximum Gasteiger partial charge on any atom is 0.224 e. The van der Waals surface area contributed by atoms with E-state index < -0.39 is 0 Å². The molecule has 4 nitrogen and oxygen atoms in total. The third-order valence-electron chi connectivity index (χ3n) is 4.55. The first-order valence-electron chi connectivity index (χ1n) is 8.75. The van der Waals surface area contributed by atoms with E-state index in [0.29, 0.717) is 18.0 Å². The lowest BCUT2D eigenvalue weighted by atomic mass is 10.1. The van der Waals surface area contributed by atoms with Crippen molar-refractivity contribution in [1.29, 1.82) is 0 Å². The number of hydrogen-bond donors (Lipinski definition) is 1. The van der Waals surface area contributed by atoms with Gasteiger partial charge in [-0.15, -0.1) is 0 Å². The van der Waals surface area contributed by atoms with Gasteiger partial charge >= 0.3 is 0 Å². The number of hydrogen-bond acceptors (Lipinski definition) is 3. The zero-order valence-electron chi connectivity index (χ0n) is 14.3. The van der Waals surface area contributed by atoms with E-state index >= 15 is 0 Å². The fourth-order valence-electron chi connectivity index (χ4n) is 3.10. The standard InChI is InChI=1S/C20H24ClN3O/c21-19-9-5-4-6-17(19)16-20(25)22-10-11-23-12-14-24(15-13-23)18-7-2-1-3-8-18/h1-9H,10-16H2,(H,22,25). The van der Waals surface area contributed by atoms with Crippen LogP contribution in [0.3, 0.4) is 0 Å². The van der Waals surface area contributed by atoms with Gasteiger partial charge in [-0.3, -0.25) is 9.69 Å². The first-order chi connectivity index (χ1) is 12.2. The van der Waals surface area contributed by atoms with Crippen molar-refractivity contribution < 1.29 is 4.79 Å². The van der Waals surface area contributed by atoms with E-state index in [9.17, 15) is 4.79 Å². The van der Waals surface area contributed by atoms with Crippen LogP contribution in [-0.2, 0) is 11.2 Å². The van der Waals surface area contributed by atoms with Crippen LogP contribution in [0.2, 0.25) is 5.02 Å². The van der Waals surface area contributed by atoms with Crippen LogP contribution in [0.1, 0.15) is 5.56 Å². The number of amides is 1. The third kappa shape index (κ3) is 5.21. The molecule has 1 N–H and O–H groups in total. The molecule has 25 heavy (non-hydrogen) atoms. The summed E-state index contributed by atoms with van der Waals surface area (Å²) in [6, 6.07) is 18.0. The Bertz CT molecular complexity index is 684. The fourth-order valence-corrected chi connectivity index (χ4v) is 3.30. The SMILES string of the molecule is O=C(Cc1ccccc1Cl)NCCN1CCN(c2ccccc2)CC1. The molecule has 1 heterocycles. The predicted octanol–water partition coefficient (Wildman–Crippen LogP) is 2.82. The van der Waals surface area contributed by atoms with Crippen LogP contribution in [0.4, 0.5) is 5.69 Å². The zero-order chi connectivity index (χ0) is 17.5. The monoisotopic (exact) mass is 357 g/mol. The Morgan fingerprint density at radius 3 is 2.36 bits per heavy atom. The van der Waals surface area contributed by atoms with Crippen LogP contribution in [-0.4, -0.2) is 50.1 Å². The topological polar surface area (TPSA) is 35.6 Å². The molecule has 3 rings (SSSR count). The van der Waals surface area contributed by atoms with Crippen LogP contribution >= 0.6 is 11.6 Å². The number of rotatable bonds is 6. The van der Waals surface area contributed by atoms with Crippen molar-refractivity contribution in [3.8, 4) is 0 Å². The molecule has 2 aromatic carbocycles. The van der Waals surface area contributed by atoms with Crippen molar-refractivity contribution in [3.05, 3.63) is 65.2 Å². The smallest absolute Gasteiger partial charge is 0.224 e. The van der Waals surface area contributed by atoms with Gasteiger partial charge in [0.25, 0.3) is 0 Å². The highest BCUT2D eigenvalue weighted by molar-refractivity contribution is 6.31. The largest absolute Gasteiger partial charge is 0.369 e. The second-order valence-corrected chi connectivity index (χ2v) is 6.69. The molecular weight excluding hydrogens is 334 g/mol. The lowest BCUT2D eigenvalue weighted by Gasteiger charge is -2.36. The molecule has 0 atom stereocenters. The minimum absolute atomic E-state index is 0.0241. The molecule has 1 fully saturated rings. The van der Waals surface area contributed by atoms with Gasteiger partial charge in [0.15, 0.2) is 0 Å². The molecule has 0 radical (unpaired) electrons. The molecule has 0 aliphatic carbocycles. The van der Waals surface area contributed by atoms with Gasteiger partial charge in [0.2, 0.25) is 5.91 Å². The minimum Gasteiger partial charge on any atom is -0.369 e. The fraction of sp³-hybridized carbons (Fsp3) is 0.350. The molecule has 0 spiro atoms. The van der Waals surface area contributed by atoms with Crippen molar-refractivity contribution >= 4 is 23.2 Å². The predicted molar refractivity (Wildman–Crippen MR) is 103 cm³/mol. The number of carbonyl (C=O) groups is 1. The van der Waals surface area contributed by atoms with E-state index in [1.807, 2.05) is 30.3 Å². The average molecular weight is 358 g/mol. The Morgan fingerprint density at radius 2 is 1.64 bits per heavy atom. The number of halogens is 1. The van der Waals surface area contributed by atoms with Gasteiger partial charge in [0, 0.05) is 50.0 Å². The summed E-state index contributed by atoms with van der Waals surface area (Å²) in [5.74, 6) is 0.0241. The number of anilines is 1. The van der Waals surface area contributed by atoms with Crippen molar-refractivity contribution in [2.75, 3.05) is 44.2 Å². The van der Waals surface area contributed by atoms with Crippen LogP contribution in [0, 0.1) is 0 Å². The molecule has 1 amide bonds. The quantitative estimate of drug-likeness (QED) is 0.863. The summed E-state index contributed by atoms with van der Waals surface area (Å²) in [6.07, 6.45) is 0.335. The number of benzene rings is 2. The van der Waals surface area contributed by atoms with E-state index in [2.05, 4.69) is 39.4 Å². The van der Waals surface area contributed by atoms with Crippen LogP contribution in [0.25, 0.3) is 0 Å². The van der Waals surface area contributed by atoms with E-state index in [4.69, 9.17) is 11.6 Å². The van der Waals surface area contributed by atoms with Crippen molar-refractivity contribution in [3.63, 3.8) is 0 Å². The maximum atomic E-state index is 12.0. The summed E-state index contributed by atoms with van der Waals surface area (Å²) in [5.41, 5.74) is 2.16. The molecule has 0 aromatic heterocycles. The van der Waals surface area contributed by atoms with Gasteiger partial charge in [0.05, 0.1) is 6.42 Å². The van der Waals surface area contributed by atoms with Crippen LogP contribution in [0.15, 0.2) is 54.6 Å². The third-order valence-corrected chi connectivity index (χ3v) is 4.92. The lowest BCUT2D eigenvalue weighted by molar-refractivity contribution is -0.120. The van der Waals surface area contributed by atoms with E-state index in [1.165, 1.54) is 5.69 Å². The van der Waals surface area contributed by atoms with Gasteiger partial charge in [-0.2, -0.15) is 0 Å². The molecule has 1 aliphatic heterocycles. The summed E-state index contributed by atoms with van der Waals surface area (Å²) in [6.45, 7) is 5.66. The van der Waals surface area contributed by atoms with Crippen molar-refractivity contribution in [2.24, 2.45) is 0 Å². The summed E-state index contributed by atoms with van der Waals surface area (Å²) >= 11 is 6.10. The summed E-state index contributed by atoms with van der Waals surface area (Å²) in [4.78, 5) is 16.9. The van der Waals surface area contributed by atoms with Gasteiger partial charge in [0.1, 0.15) is 0 Å². The first kappa shape index (κ1) is 17.8. The minimum atomic E-state index is 0.0241. The highest BCUT2D eigenvalue weighted by Crippen LogP contribution is 2.16. The van der Waals surface area contributed by atoms with E-state index in [0.717, 1.165) is 38.3 Å². The number of nitrogens with zero attached hydrogens (tertiary/aromatic N) is 2. The number of para-hydroxylation sites is 1. The number of piperazine rings is 1. The summed E-state index contributed by atoms with van der Waals surface area (Å²) in [5, 5.41) is 3.64. The van der Waals surface area contributed by atoms with Gasteiger partial charge < -0.3 is 10.2 Å². The van der Waals surface area contributed by atoms with E-state index in [1.54, 1.807) is 0 Å². The zero-order valence-corrected chi connectivity index (χ0v) is 15.1. The van der Waals surface area contributed by atoms with Gasteiger partial charge in [-0.1, -0.05) is 48.0 Å². The summed E-state index contributed by atoms with van der Waals surface area (Å²) < 4.78 is 0. The molecular formula is C20H24ClN3O. The molecule has 0 unspecified atom stereocenters. The first-order valence-corrected chi connectivity index (χ1v) is 9.12. The number of nitrogens with one attached hydrogen (secondary N) is 1. The highest BCUT2D eigenvalue weighted by atomic mass is 35.5. The Morgan fingerprint density at radius 1 is 0.960 bits per heavy atom. The highest BCUT2D eigenvalue weighted by Gasteiger charge is 2.16. The Kier molecular flexibility index (Phi) is 6.31. The van der Waals surface area contributed by atoms with Crippen molar-refractivity contribution in [2.45, 2.75) is 6.42 Å². The number of carbonyl (C=O) groups excluding carboxylic acids is 1. The molecule has 5 heteroatoms. The average Bonchev–Trinajstić information content (AvgIpc) is 2.65. The summed E-state index contributed by atoms with van der Waals surface area (Å²) in [7, 11) is 0. The van der Waals surface area contributed by atoms with Crippen LogP contribution in [0.5, 0.6) is 0 Å². The molecule has 0 bridgehead atoms. The van der Waals surface area contributed by atoms with Gasteiger partial charge in [-0.05, 0) is 23.8 Å². The molecule has 2 aromatic rings. The molecule has 132 valence electrons. The normalized spacial score (nSPS) is 15.2. The molecule has 1 saturated heterocycles. The van der Waals surface area contributed by atoms with Crippen LogP contribution < -0.4 is 10.2 Å². The Balaban J connectivity index is 1.36. The molecule has 0 saturated carbocycles. The maximum absolute atomic E-state index is 12.0. The van der Waals surface area contributed by atoms with Gasteiger partial charge in [-0.25, -0.2) is 0 Å². The Hall–Kier alpha value is -2.04. The molecule has 1 aliphatic rings. The second kappa shape index (κ2) is 8.88. The second-order valence-electron chi connectivity index (χ2n) is 6.28. The lowest BCUT2D eigenvalue weighted by Crippen LogP contribution is -2.48. The van der Waals surface area contributed by atoms with Crippen molar-refractivity contribution in [1.82, 2.24) is 10.2 Å². The Labute approximate surface area is 154 Å².